The van der Waals surface area contributed by atoms with Crippen molar-refractivity contribution >= 4 is 59.2 Å². The van der Waals surface area contributed by atoms with Crippen molar-refractivity contribution in [1.82, 2.24) is 20.3 Å². The van der Waals surface area contributed by atoms with Gasteiger partial charge in [-0.3, -0.25) is 19.5 Å². The van der Waals surface area contributed by atoms with Crippen molar-refractivity contribution in [2.45, 2.75) is 84.7 Å². The lowest BCUT2D eigenvalue weighted by molar-refractivity contribution is -0.123. The number of aliphatic imine (C=N–C) groups is 1. The number of hydrogen-bond donors (Lipinski definition) is 3. The van der Waals surface area contributed by atoms with Gasteiger partial charge in [0.2, 0.25) is 5.91 Å². The Balaban J connectivity index is 0.00000361. The number of benzene rings is 1. The van der Waals surface area contributed by atoms with Crippen molar-refractivity contribution in [1.29, 1.82) is 0 Å². The molecule has 0 aliphatic carbocycles. The summed E-state index contributed by atoms with van der Waals surface area (Å²) in [6.07, 6.45) is 19.2. The van der Waals surface area contributed by atoms with E-state index in [9.17, 15) is 9.59 Å². The van der Waals surface area contributed by atoms with Crippen LogP contribution in [0.4, 0.5) is 0 Å². The van der Waals surface area contributed by atoms with Crippen LogP contribution in [0, 0.1) is 0 Å². The quantitative estimate of drug-likeness (QED) is 0.0845. The molecule has 1 aromatic carbocycles. The van der Waals surface area contributed by atoms with Crippen LogP contribution < -0.4 is 15.4 Å². The van der Waals surface area contributed by atoms with Crippen molar-refractivity contribution in [2.75, 3.05) is 13.2 Å². The summed E-state index contributed by atoms with van der Waals surface area (Å²) >= 11 is 1.73. The molecule has 0 spiro atoms. The molecule has 2 heterocycles. The Labute approximate surface area is 280 Å². The Morgan fingerprint density at radius 1 is 1.04 bits per heavy atom. The van der Waals surface area contributed by atoms with Crippen LogP contribution in [-0.2, 0) is 14.4 Å². The third kappa shape index (κ3) is 13.1. The molecular weight excluding hydrogens is 613 g/mol. The lowest BCUT2D eigenvalue weighted by Gasteiger charge is -2.27. The highest BCUT2D eigenvalue weighted by atomic mass is 32.7. The van der Waals surface area contributed by atoms with Crippen LogP contribution in [0.3, 0.4) is 0 Å². The Morgan fingerprint density at radius 3 is 2.52 bits per heavy atom. The number of fused-ring (bicyclic) bond motifs is 1. The first-order valence-corrected chi connectivity index (χ1v) is 19.2. The Kier molecular flexibility index (Phi) is 18.7. The van der Waals surface area contributed by atoms with E-state index < -0.39 is 13.2 Å². The third-order valence-electron chi connectivity index (χ3n) is 7.25. The predicted molar refractivity (Wildman–Crippen MR) is 198 cm³/mol. The van der Waals surface area contributed by atoms with Crippen LogP contribution in [0.5, 0.6) is 0 Å². The molecule has 1 aliphatic rings. The standard InChI is InChI=1S/C35H48N5O2PS.CH2O/c1-6-14-28(25-38-44-43(5)34-19-10-9-13-22-36-34)31(15-7-2)40-35(42)33(21-20-26(4)41)39-32(16-8-3)29-23-27-17-11-12-18-30(27)37-24-29;1-2/h9-14,16-18,22-24,31,33,38-39H,6-8,15,19-21,25H2,1-5H3,(H,40,42);1H2/b28-14-,32-16?;. The summed E-state index contributed by atoms with van der Waals surface area (Å²) in [4.78, 5) is 43.2. The number of Topliss-reactive ketones (excluding diaryl/α,β-unsaturated/α-hetero) is 1. The van der Waals surface area contributed by atoms with Gasteiger partial charge in [0.25, 0.3) is 0 Å². The van der Waals surface area contributed by atoms with Gasteiger partial charge < -0.3 is 20.2 Å². The molecule has 1 aromatic heterocycles. The lowest BCUT2D eigenvalue weighted by Crippen LogP contribution is -2.48. The highest BCUT2D eigenvalue weighted by Crippen LogP contribution is 2.47. The summed E-state index contributed by atoms with van der Waals surface area (Å²) in [7, 11) is -0.483. The van der Waals surface area contributed by atoms with E-state index in [2.05, 4.69) is 77.1 Å². The number of rotatable bonds is 18. The summed E-state index contributed by atoms with van der Waals surface area (Å²) < 4.78 is 3.57. The number of amides is 1. The summed E-state index contributed by atoms with van der Waals surface area (Å²) in [5.41, 5.74) is 5.07. The molecule has 2 aromatic rings. The van der Waals surface area contributed by atoms with E-state index in [4.69, 9.17) is 4.79 Å². The van der Waals surface area contributed by atoms with Gasteiger partial charge in [0.05, 0.1) is 17.0 Å². The molecule has 46 heavy (non-hydrogen) atoms. The largest absolute Gasteiger partial charge is 0.373 e. The molecular formula is C36H50N5O3PS. The van der Waals surface area contributed by atoms with Crippen molar-refractivity contribution < 1.29 is 14.4 Å². The van der Waals surface area contributed by atoms with E-state index in [0.29, 0.717) is 19.4 Å². The normalized spacial score (nSPS) is 15.2. The van der Waals surface area contributed by atoms with Crippen molar-refractivity contribution in [3.63, 3.8) is 0 Å². The van der Waals surface area contributed by atoms with E-state index in [0.717, 1.165) is 54.3 Å². The van der Waals surface area contributed by atoms with E-state index in [-0.39, 0.29) is 17.7 Å². The summed E-state index contributed by atoms with van der Waals surface area (Å²) in [6, 6.07) is 9.43. The molecule has 1 aliphatic heterocycles. The third-order valence-corrected chi connectivity index (χ3v) is 10.7. The van der Waals surface area contributed by atoms with Crippen molar-refractivity contribution in [3.8, 4) is 0 Å². The Hall–Kier alpha value is -3.39. The van der Waals surface area contributed by atoms with Crippen LogP contribution in [0.1, 0.15) is 78.2 Å². The number of carbonyl (C=O) groups excluding carboxylic acids is 3. The molecule has 3 atom stereocenters. The van der Waals surface area contributed by atoms with Gasteiger partial charge >= 0.3 is 0 Å². The molecule has 10 heteroatoms. The fourth-order valence-electron chi connectivity index (χ4n) is 4.96. The number of allylic oxidation sites excluding steroid dienone is 5. The number of para-hydroxylation sites is 1. The monoisotopic (exact) mass is 663 g/mol. The fourth-order valence-corrected chi connectivity index (χ4v) is 7.53. The zero-order valence-electron chi connectivity index (χ0n) is 27.9. The second-order valence-corrected chi connectivity index (χ2v) is 15.0. The summed E-state index contributed by atoms with van der Waals surface area (Å²) in [5.74, 6) is -0.0320. The van der Waals surface area contributed by atoms with Gasteiger partial charge in [0.15, 0.2) is 0 Å². The average molecular weight is 664 g/mol. The summed E-state index contributed by atoms with van der Waals surface area (Å²) in [5, 5.41) is 7.90. The molecule has 0 saturated carbocycles. The number of carbonyl (C=O) groups is 3. The van der Waals surface area contributed by atoms with E-state index in [1.165, 1.54) is 11.0 Å². The molecule has 8 nitrogen and oxygen atoms in total. The molecule has 0 fully saturated rings. The van der Waals surface area contributed by atoms with Gasteiger partial charge in [-0.2, -0.15) is 0 Å². The maximum absolute atomic E-state index is 13.9. The van der Waals surface area contributed by atoms with E-state index >= 15 is 0 Å². The molecule has 3 N–H and O–H groups in total. The SMILES string of the molecule is C=O.CCC=C(NC(CCC(C)=O)C(=O)NC(CCC)/C(=C\CC)CNSP(C)C1=NC=CC=CC1)c1cnc2ccccc2c1. The van der Waals surface area contributed by atoms with Crippen molar-refractivity contribution in [2.24, 2.45) is 4.99 Å². The minimum Gasteiger partial charge on any atom is -0.373 e. The molecule has 3 unspecified atom stereocenters. The van der Waals surface area contributed by atoms with Crippen LogP contribution >= 0.6 is 18.7 Å². The molecule has 0 saturated heterocycles. The number of nitrogens with one attached hydrogen (secondary N) is 3. The lowest BCUT2D eigenvalue weighted by atomic mass is 9.99. The van der Waals surface area contributed by atoms with Gasteiger partial charge in [-0.25, -0.2) is 0 Å². The molecule has 3 rings (SSSR count). The van der Waals surface area contributed by atoms with Crippen LogP contribution in [-0.4, -0.2) is 54.2 Å². The van der Waals surface area contributed by atoms with Crippen LogP contribution in [0.2, 0.25) is 0 Å². The van der Waals surface area contributed by atoms with Gasteiger partial charge in [0, 0.05) is 55.6 Å². The number of aromatic nitrogens is 1. The smallest absolute Gasteiger partial charge is 0.242 e. The average Bonchev–Trinajstić information content (AvgIpc) is 3.36. The first kappa shape index (κ1) is 38.8. The number of hydrogen-bond acceptors (Lipinski definition) is 8. The number of nitrogens with zero attached hydrogens (tertiary/aromatic N) is 2. The number of pyridine rings is 1. The van der Waals surface area contributed by atoms with Gasteiger partial charge in [-0.1, -0.05) is 69.7 Å². The topological polar surface area (TPSA) is 113 Å². The Morgan fingerprint density at radius 2 is 1.80 bits per heavy atom. The molecule has 0 bridgehead atoms. The molecule has 0 radical (unpaired) electrons. The minimum atomic E-state index is -0.564. The maximum Gasteiger partial charge on any atom is 0.242 e. The Bertz CT molecular complexity index is 1420. The molecule has 1 amide bonds. The first-order chi connectivity index (χ1) is 22.4. The van der Waals surface area contributed by atoms with Gasteiger partial charge in [0.1, 0.15) is 18.6 Å². The van der Waals surface area contributed by atoms with Crippen molar-refractivity contribution in [3.05, 3.63) is 84.2 Å². The fraction of sp³-hybridized carbons (Fsp3) is 0.417. The zero-order chi connectivity index (χ0) is 33.7. The predicted octanol–water partition coefficient (Wildman–Crippen LogP) is 7.89. The second-order valence-electron chi connectivity index (χ2n) is 10.8. The van der Waals surface area contributed by atoms with Crippen LogP contribution in [0.15, 0.2) is 83.7 Å². The zero-order valence-corrected chi connectivity index (χ0v) is 29.6. The first-order valence-electron chi connectivity index (χ1n) is 16.0. The number of ketones is 1. The van der Waals surface area contributed by atoms with E-state index in [1.807, 2.05) is 55.6 Å². The second kappa shape index (κ2) is 22.2. The van der Waals surface area contributed by atoms with Gasteiger partial charge in [-0.05, 0) is 74.6 Å². The van der Waals surface area contributed by atoms with Crippen LogP contribution in [0.25, 0.3) is 16.6 Å². The highest BCUT2D eigenvalue weighted by Gasteiger charge is 2.25. The summed E-state index contributed by atoms with van der Waals surface area (Å²) in [6.45, 7) is 12.8. The minimum absolute atomic E-state index is 0.0659. The molecule has 248 valence electrons. The maximum atomic E-state index is 13.9. The highest BCUT2D eigenvalue weighted by molar-refractivity contribution is 8.59. The van der Waals surface area contributed by atoms with E-state index in [1.54, 1.807) is 18.5 Å². The van der Waals surface area contributed by atoms with Gasteiger partial charge in [-0.15, -0.1) is 0 Å².